The lowest BCUT2D eigenvalue weighted by Gasteiger charge is -2.36. The van der Waals surface area contributed by atoms with Crippen LogP contribution in [0.4, 0.5) is 10.1 Å². The molecule has 2 aliphatic rings. The number of ketones is 2. The monoisotopic (exact) mass is 290 g/mol. The molecule has 0 radical (unpaired) electrons. The highest BCUT2D eigenvalue weighted by atomic mass is 19.1. The van der Waals surface area contributed by atoms with Gasteiger partial charge in [0.2, 0.25) is 0 Å². The first kappa shape index (κ1) is 14.2. The third-order valence-corrected chi connectivity index (χ3v) is 4.40. The molecular formula is C16H19FN2O2. The van der Waals surface area contributed by atoms with Gasteiger partial charge in [0, 0.05) is 51.3 Å². The molecular weight excluding hydrogens is 271 g/mol. The lowest BCUT2D eigenvalue weighted by molar-refractivity contribution is -0.127. The molecule has 21 heavy (non-hydrogen) atoms. The van der Waals surface area contributed by atoms with Crippen molar-refractivity contribution in [2.24, 2.45) is 5.92 Å². The molecule has 2 fully saturated rings. The third kappa shape index (κ3) is 3.13. The SMILES string of the molecule is O=C1CCC(=O)C1CN1CCN(c2ccc(F)cc2)CC1. The number of anilines is 1. The Balaban J connectivity index is 1.54. The number of Topliss-reactive ketones (excluding diaryl/α,β-unsaturated/α-hetero) is 2. The minimum Gasteiger partial charge on any atom is -0.369 e. The molecule has 0 amide bonds. The Morgan fingerprint density at radius 1 is 0.952 bits per heavy atom. The van der Waals surface area contributed by atoms with Crippen molar-refractivity contribution in [3.8, 4) is 0 Å². The molecule has 1 saturated heterocycles. The summed E-state index contributed by atoms with van der Waals surface area (Å²) in [5.41, 5.74) is 1.02. The van der Waals surface area contributed by atoms with Gasteiger partial charge in [-0.1, -0.05) is 0 Å². The van der Waals surface area contributed by atoms with E-state index in [-0.39, 0.29) is 17.4 Å². The van der Waals surface area contributed by atoms with Gasteiger partial charge >= 0.3 is 0 Å². The van der Waals surface area contributed by atoms with Crippen molar-refractivity contribution in [1.82, 2.24) is 4.90 Å². The van der Waals surface area contributed by atoms with E-state index in [1.54, 1.807) is 12.1 Å². The smallest absolute Gasteiger partial charge is 0.145 e. The molecule has 1 aromatic rings. The van der Waals surface area contributed by atoms with Crippen molar-refractivity contribution in [1.29, 1.82) is 0 Å². The van der Waals surface area contributed by atoms with Gasteiger partial charge in [0.1, 0.15) is 17.4 Å². The van der Waals surface area contributed by atoms with E-state index in [4.69, 9.17) is 0 Å². The second-order valence-corrected chi connectivity index (χ2v) is 5.75. The summed E-state index contributed by atoms with van der Waals surface area (Å²) in [4.78, 5) is 27.8. The van der Waals surface area contributed by atoms with E-state index in [1.807, 2.05) is 0 Å². The first-order valence-corrected chi connectivity index (χ1v) is 7.42. The highest BCUT2D eigenvalue weighted by Crippen LogP contribution is 2.21. The molecule has 1 saturated carbocycles. The van der Waals surface area contributed by atoms with E-state index in [0.29, 0.717) is 19.4 Å². The van der Waals surface area contributed by atoms with Crippen LogP contribution in [0.15, 0.2) is 24.3 Å². The molecule has 1 heterocycles. The average molecular weight is 290 g/mol. The van der Waals surface area contributed by atoms with Crippen molar-refractivity contribution in [2.45, 2.75) is 12.8 Å². The van der Waals surface area contributed by atoms with Gasteiger partial charge in [-0.25, -0.2) is 4.39 Å². The van der Waals surface area contributed by atoms with Gasteiger partial charge in [-0.3, -0.25) is 14.5 Å². The quantitative estimate of drug-likeness (QED) is 0.791. The molecule has 0 bridgehead atoms. The molecule has 1 aliphatic heterocycles. The van der Waals surface area contributed by atoms with Gasteiger partial charge in [0.15, 0.2) is 0 Å². The summed E-state index contributed by atoms with van der Waals surface area (Å²) in [7, 11) is 0. The second kappa shape index (κ2) is 5.93. The molecule has 5 heteroatoms. The van der Waals surface area contributed by atoms with Gasteiger partial charge in [-0.15, -0.1) is 0 Å². The summed E-state index contributed by atoms with van der Waals surface area (Å²) >= 11 is 0. The summed E-state index contributed by atoms with van der Waals surface area (Å²) < 4.78 is 12.9. The van der Waals surface area contributed by atoms with Gasteiger partial charge in [-0.2, -0.15) is 0 Å². The number of hydrogen-bond donors (Lipinski definition) is 0. The van der Waals surface area contributed by atoms with Gasteiger partial charge in [0.25, 0.3) is 0 Å². The first-order valence-electron chi connectivity index (χ1n) is 7.42. The molecule has 1 aromatic carbocycles. The van der Waals surface area contributed by atoms with E-state index in [1.165, 1.54) is 12.1 Å². The topological polar surface area (TPSA) is 40.6 Å². The van der Waals surface area contributed by atoms with Crippen LogP contribution in [0, 0.1) is 11.7 Å². The molecule has 0 unspecified atom stereocenters. The average Bonchev–Trinajstić information content (AvgIpc) is 2.81. The van der Waals surface area contributed by atoms with Crippen LogP contribution in [-0.4, -0.2) is 49.2 Å². The normalized spacial score (nSPS) is 21.3. The minimum absolute atomic E-state index is 0.0981. The van der Waals surface area contributed by atoms with E-state index < -0.39 is 5.92 Å². The summed E-state index contributed by atoms with van der Waals surface area (Å²) in [6.45, 7) is 3.89. The highest BCUT2D eigenvalue weighted by Gasteiger charge is 2.34. The fraction of sp³-hybridized carbons (Fsp3) is 0.500. The Hall–Kier alpha value is -1.75. The van der Waals surface area contributed by atoms with Crippen LogP contribution in [0.1, 0.15) is 12.8 Å². The van der Waals surface area contributed by atoms with E-state index in [0.717, 1.165) is 31.9 Å². The maximum Gasteiger partial charge on any atom is 0.145 e. The maximum absolute atomic E-state index is 12.9. The van der Waals surface area contributed by atoms with Crippen molar-refractivity contribution in [3.05, 3.63) is 30.1 Å². The number of rotatable bonds is 3. The molecule has 112 valence electrons. The van der Waals surface area contributed by atoms with Crippen LogP contribution < -0.4 is 4.90 Å². The molecule has 3 rings (SSSR count). The fourth-order valence-electron chi connectivity index (χ4n) is 3.08. The zero-order chi connectivity index (χ0) is 14.8. The zero-order valence-electron chi connectivity index (χ0n) is 11.9. The molecule has 0 spiro atoms. The number of piperazine rings is 1. The summed E-state index contributed by atoms with van der Waals surface area (Å²) in [6.07, 6.45) is 0.831. The standard InChI is InChI=1S/C16H19FN2O2/c17-12-1-3-13(4-2-12)19-9-7-18(8-10-19)11-14-15(20)5-6-16(14)21/h1-4,14H,5-11H2. The van der Waals surface area contributed by atoms with Crippen LogP contribution in [0.5, 0.6) is 0 Å². The molecule has 0 aromatic heterocycles. The molecule has 1 aliphatic carbocycles. The predicted molar refractivity (Wildman–Crippen MR) is 77.8 cm³/mol. The summed E-state index contributed by atoms with van der Waals surface area (Å²) in [5, 5.41) is 0. The van der Waals surface area contributed by atoms with Gasteiger partial charge < -0.3 is 4.90 Å². The Bertz CT molecular complexity index is 520. The van der Waals surface area contributed by atoms with Crippen LogP contribution >= 0.6 is 0 Å². The van der Waals surface area contributed by atoms with Crippen molar-refractivity contribution < 1.29 is 14.0 Å². The number of benzene rings is 1. The Labute approximate surface area is 123 Å². The molecule has 4 nitrogen and oxygen atoms in total. The lowest BCUT2D eigenvalue weighted by Crippen LogP contribution is -2.48. The summed E-state index contributed by atoms with van der Waals surface area (Å²) in [6, 6.07) is 6.51. The van der Waals surface area contributed by atoms with Crippen LogP contribution in [0.2, 0.25) is 0 Å². The molecule has 0 atom stereocenters. The number of nitrogens with zero attached hydrogens (tertiary/aromatic N) is 2. The lowest BCUT2D eigenvalue weighted by atomic mass is 10.1. The van der Waals surface area contributed by atoms with Crippen LogP contribution in [0.3, 0.4) is 0 Å². The highest BCUT2D eigenvalue weighted by molar-refractivity contribution is 6.08. The van der Waals surface area contributed by atoms with Crippen LogP contribution in [-0.2, 0) is 9.59 Å². The Kier molecular flexibility index (Phi) is 4.01. The maximum atomic E-state index is 12.9. The third-order valence-electron chi connectivity index (χ3n) is 4.40. The Morgan fingerprint density at radius 2 is 1.52 bits per heavy atom. The minimum atomic E-state index is -0.401. The number of hydrogen-bond acceptors (Lipinski definition) is 4. The van der Waals surface area contributed by atoms with Gasteiger partial charge in [-0.05, 0) is 24.3 Å². The number of carbonyl (C=O) groups is 2. The van der Waals surface area contributed by atoms with Crippen molar-refractivity contribution in [3.63, 3.8) is 0 Å². The van der Waals surface area contributed by atoms with Crippen molar-refractivity contribution >= 4 is 17.3 Å². The van der Waals surface area contributed by atoms with E-state index in [9.17, 15) is 14.0 Å². The fourth-order valence-corrected chi connectivity index (χ4v) is 3.08. The largest absolute Gasteiger partial charge is 0.369 e. The van der Waals surface area contributed by atoms with E-state index in [2.05, 4.69) is 9.80 Å². The molecule has 0 N–H and O–H groups in total. The Morgan fingerprint density at radius 3 is 2.10 bits per heavy atom. The number of carbonyl (C=O) groups excluding carboxylic acids is 2. The van der Waals surface area contributed by atoms with Crippen LogP contribution in [0.25, 0.3) is 0 Å². The first-order chi connectivity index (χ1) is 10.1. The number of halogens is 1. The van der Waals surface area contributed by atoms with E-state index >= 15 is 0 Å². The summed E-state index contributed by atoms with van der Waals surface area (Å²) in [5.74, 6) is -0.431. The van der Waals surface area contributed by atoms with Gasteiger partial charge in [0.05, 0.1) is 5.92 Å². The predicted octanol–water partition coefficient (Wildman–Crippen LogP) is 1.50. The van der Waals surface area contributed by atoms with Crippen molar-refractivity contribution in [2.75, 3.05) is 37.6 Å². The second-order valence-electron chi connectivity index (χ2n) is 5.75. The zero-order valence-corrected chi connectivity index (χ0v) is 11.9.